The molecule has 0 aliphatic carbocycles. The Hall–Kier alpha value is -1.67. The van der Waals surface area contributed by atoms with Crippen LogP contribution in [0.25, 0.3) is 0 Å². The summed E-state index contributed by atoms with van der Waals surface area (Å²) in [5.41, 5.74) is 4.39. The molecular weight excluding hydrogens is 249 g/mol. The van der Waals surface area contributed by atoms with Crippen molar-refractivity contribution in [3.05, 3.63) is 70.5 Å². The van der Waals surface area contributed by atoms with Crippen molar-refractivity contribution >= 4 is 0 Å². The van der Waals surface area contributed by atoms with Gasteiger partial charge in [0.1, 0.15) is 5.82 Å². The highest BCUT2D eigenvalue weighted by Gasteiger charge is 2.11. The van der Waals surface area contributed by atoms with Crippen LogP contribution >= 0.6 is 0 Å². The van der Waals surface area contributed by atoms with Crippen LogP contribution in [0.4, 0.5) is 4.39 Å². The van der Waals surface area contributed by atoms with Crippen molar-refractivity contribution in [2.75, 3.05) is 7.05 Å². The molecule has 0 radical (unpaired) electrons. The Morgan fingerprint density at radius 3 is 2.45 bits per heavy atom. The molecule has 20 heavy (non-hydrogen) atoms. The summed E-state index contributed by atoms with van der Waals surface area (Å²) in [4.78, 5) is 0. The summed E-state index contributed by atoms with van der Waals surface area (Å²) in [6.45, 7) is 3.93. The molecule has 1 nitrogen and oxygen atoms in total. The third-order valence-corrected chi connectivity index (χ3v) is 3.91. The van der Waals surface area contributed by atoms with E-state index in [1.54, 1.807) is 13.0 Å². The number of benzene rings is 2. The predicted molar refractivity (Wildman–Crippen MR) is 82.4 cm³/mol. The molecule has 2 rings (SSSR count). The lowest BCUT2D eigenvalue weighted by Gasteiger charge is -2.18. The molecule has 0 saturated heterocycles. The number of nitrogens with one attached hydrogen (secondary N) is 1. The van der Waals surface area contributed by atoms with Crippen LogP contribution in [0.15, 0.2) is 42.5 Å². The van der Waals surface area contributed by atoms with E-state index in [1.807, 2.05) is 19.2 Å². The van der Waals surface area contributed by atoms with Crippen molar-refractivity contribution < 1.29 is 4.39 Å². The Bertz CT molecular complexity index is 577. The SMILES string of the molecule is CNC(CCc1ccccc1C)c1ccc(C)c(F)c1. The highest BCUT2D eigenvalue weighted by molar-refractivity contribution is 5.28. The van der Waals surface area contributed by atoms with Crippen LogP contribution in [-0.2, 0) is 6.42 Å². The van der Waals surface area contributed by atoms with Crippen molar-refractivity contribution in [2.45, 2.75) is 32.7 Å². The van der Waals surface area contributed by atoms with Gasteiger partial charge in [-0.05, 0) is 62.1 Å². The minimum Gasteiger partial charge on any atom is -0.313 e. The van der Waals surface area contributed by atoms with Gasteiger partial charge in [-0.2, -0.15) is 0 Å². The average Bonchev–Trinajstić information content (AvgIpc) is 2.45. The summed E-state index contributed by atoms with van der Waals surface area (Å²) in [7, 11) is 1.93. The van der Waals surface area contributed by atoms with Crippen molar-refractivity contribution in [1.29, 1.82) is 0 Å². The smallest absolute Gasteiger partial charge is 0.126 e. The normalized spacial score (nSPS) is 12.4. The summed E-state index contributed by atoms with van der Waals surface area (Å²) in [5.74, 6) is -0.126. The Balaban J connectivity index is 2.09. The maximum Gasteiger partial charge on any atom is 0.126 e. The molecule has 0 saturated carbocycles. The quantitative estimate of drug-likeness (QED) is 0.853. The Morgan fingerprint density at radius 1 is 1.05 bits per heavy atom. The van der Waals surface area contributed by atoms with Gasteiger partial charge in [0.05, 0.1) is 0 Å². The minimum absolute atomic E-state index is 0.126. The van der Waals surface area contributed by atoms with Gasteiger partial charge in [0.25, 0.3) is 0 Å². The van der Waals surface area contributed by atoms with E-state index >= 15 is 0 Å². The van der Waals surface area contributed by atoms with E-state index in [9.17, 15) is 4.39 Å². The van der Waals surface area contributed by atoms with Gasteiger partial charge in [0.2, 0.25) is 0 Å². The fourth-order valence-corrected chi connectivity index (χ4v) is 2.49. The third kappa shape index (κ3) is 3.45. The summed E-state index contributed by atoms with van der Waals surface area (Å²) >= 11 is 0. The first-order valence-electron chi connectivity index (χ1n) is 7.09. The topological polar surface area (TPSA) is 12.0 Å². The summed E-state index contributed by atoms with van der Waals surface area (Å²) in [6.07, 6.45) is 1.96. The van der Waals surface area contributed by atoms with E-state index in [-0.39, 0.29) is 11.9 Å². The second kappa shape index (κ2) is 6.67. The predicted octanol–water partition coefficient (Wildman–Crippen LogP) is 4.34. The van der Waals surface area contributed by atoms with E-state index in [0.29, 0.717) is 5.56 Å². The molecule has 0 amide bonds. The fourth-order valence-electron chi connectivity index (χ4n) is 2.49. The van der Waals surface area contributed by atoms with Crippen LogP contribution in [0.3, 0.4) is 0 Å². The van der Waals surface area contributed by atoms with Gasteiger partial charge in [0.15, 0.2) is 0 Å². The zero-order chi connectivity index (χ0) is 14.5. The van der Waals surface area contributed by atoms with E-state index in [4.69, 9.17) is 0 Å². The van der Waals surface area contributed by atoms with Crippen LogP contribution < -0.4 is 5.32 Å². The van der Waals surface area contributed by atoms with E-state index in [1.165, 1.54) is 11.1 Å². The molecule has 0 spiro atoms. The van der Waals surface area contributed by atoms with Gasteiger partial charge in [-0.15, -0.1) is 0 Å². The molecule has 2 aromatic carbocycles. The standard InChI is InChI=1S/C18H22FN/c1-13-6-4-5-7-15(13)10-11-18(20-3)16-9-8-14(2)17(19)12-16/h4-9,12,18,20H,10-11H2,1-3H3. The van der Waals surface area contributed by atoms with Gasteiger partial charge >= 0.3 is 0 Å². The van der Waals surface area contributed by atoms with E-state index in [2.05, 4.69) is 36.5 Å². The molecule has 1 N–H and O–H groups in total. The zero-order valence-electron chi connectivity index (χ0n) is 12.4. The van der Waals surface area contributed by atoms with Gasteiger partial charge in [0, 0.05) is 6.04 Å². The molecule has 0 bridgehead atoms. The molecule has 0 fully saturated rings. The molecule has 0 heterocycles. The lowest BCUT2D eigenvalue weighted by molar-refractivity contribution is 0.540. The van der Waals surface area contributed by atoms with Gasteiger partial charge in [-0.1, -0.05) is 36.4 Å². The molecule has 1 unspecified atom stereocenters. The van der Waals surface area contributed by atoms with Crippen LogP contribution in [0.5, 0.6) is 0 Å². The maximum absolute atomic E-state index is 13.7. The van der Waals surface area contributed by atoms with Gasteiger partial charge < -0.3 is 5.32 Å². The van der Waals surface area contributed by atoms with Crippen molar-refractivity contribution in [2.24, 2.45) is 0 Å². The molecule has 1 atom stereocenters. The number of rotatable bonds is 5. The summed E-state index contributed by atoms with van der Waals surface area (Å²) < 4.78 is 13.7. The van der Waals surface area contributed by atoms with Gasteiger partial charge in [-0.25, -0.2) is 4.39 Å². The minimum atomic E-state index is -0.126. The average molecular weight is 271 g/mol. The maximum atomic E-state index is 13.7. The molecule has 106 valence electrons. The lowest BCUT2D eigenvalue weighted by atomic mass is 9.96. The Morgan fingerprint density at radius 2 is 1.80 bits per heavy atom. The number of halogens is 1. The lowest BCUT2D eigenvalue weighted by Crippen LogP contribution is -2.17. The molecule has 0 aliphatic rings. The highest BCUT2D eigenvalue weighted by Crippen LogP contribution is 2.22. The molecule has 2 heteroatoms. The molecule has 2 aromatic rings. The Labute approximate surface area is 120 Å². The van der Waals surface area contributed by atoms with E-state index in [0.717, 1.165) is 18.4 Å². The molecule has 0 aliphatic heterocycles. The van der Waals surface area contributed by atoms with E-state index < -0.39 is 0 Å². The van der Waals surface area contributed by atoms with Crippen molar-refractivity contribution in [3.63, 3.8) is 0 Å². The first kappa shape index (κ1) is 14.7. The molecule has 0 aromatic heterocycles. The van der Waals surface area contributed by atoms with Gasteiger partial charge in [-0.3, -0.25) is 0 Å². The number of aryl methyl sites for hydroxylation is 3. The van der Waals surface area contributed by atoms with Crippen LogP contribution in [0, 0.1) is 19.7 Å². The first-order valence-corrected chi connectivity index (χ1v) is 7.09. The third-order valence-electron chi connectivity index (χ3n) is 3.91. The number of hydrogen-bond donors (Lipinski definition) is 1. The summed E-state index contributed by atoms with van der Waals surface area (Å²) in [6, 6.07) is 14.1. The van der Waals surface area contributed by atoms with Crippen LogP contribution in [-0.4, -0.2) is 7.05 Å². The molecular formula is C18H22FN. The van der Waals surface area contributed by atoms with Crippen LogP contribution in [0.1, 0.15) is 34.7 Å². The summed E-state index contributed by atoms with van der Waals surface area (Å²) in [5, 5.41) is 3.29. The van der Waals surface area contributed by atoms with Crippen molar-refractivity contribution in [1.82, 2.24) is 5.32 Å². The second-order valence-corrected chi connectivity index (χ2v) is 5.32. The largest absolute Gasteiger partial charge is 0.313 e. The Kier molecular flexibility index (Phi) is 4.91. The number of hydrogen-bond acceptors (Lipinski definition) is 1. The monoisotopic (exact) mass is 271 g/mol. The fraction of sp³-hybridized carbons (Fsp3) is 0.333. The van der Waals surface area contributed by atoms with Crippen LogP contribution in [0.2, 0.25) is 0 Å². The van der Waals surface area contributed by atoms with Crippen molar-refractivity contribution in [3.8, 4) is 0 Å². The highest BCUT2D eigenvalue weighted by atomic mass is 19.1. The zero-order valence-corrected chi connectivity index (χ0v) is 12.4. The first-order chi connectivity index (χ1) is 9.61. The second-order valence-electron chi connectivity index (χ2n) is 5.32.